The number of nitrogens with zero attached hydrogens (tertiary/aromatic N) is 4. The number of pyridine rings is 1. The second kappa shape index (κ2) is 9.40. The molecule has 0 aliphatic carbocycles. The number of likely N-dealkylation sites (tertiary alicyclic amines) is 1. The van der Waals surface area contributed by atoms with Crippen molar-refractivity contribution in [1.29, 1.82) is 0 Å². The van der Waals surface area contributed by atoms with Crippen LogP contribution in [0.25, 0.3) is 10.9 Å². The molecule has 3 aromatic rings. The summed E-state index contributed by atoms with van der Waals surface area (Å²) in [6.07, 6.45) is 1.90. The van der Waals surface area contributed by atoms with Gasteiger partial charge in [0.05, 0.1) is 11.2 Å². The van der Waals surface area contributed by atoms with Crippen LogP contribution in [0.2, 0.25) is 0 Å². The summed E-state index contributed by atoms with van der Waals surface area (Å²) in [5.74, 6) is -0.275. The molecular weight excluding hydrogens is 432 g/mol. The molecule has 0 saturated carbocycles. The smallest absolute Gasteiger partial charge is 0.276 e. The number of benzene rings is 1. The van der Waals surface area contributed by atoms with Gasteiger partial charge in [-0.05, 0) is 38.1 Å². The summed E-state index contributed by atoms with van der Waals surface area (Å²) in [6.45, 7) is 4.34. The van der Waals surface area contributed by atoms with Crippen LogP contribution in [-0.4, -0.2) is 58.6 Å². The van der Waals surface area contributed by atoms with Gasteiger partial charge in [-0.15, -0.1) is 5.10 Å². The topological polar surface area (TPSA) is 81.5 Å². The summed E-state index contributed by atoms with van der Waals surface area (Å²) in [6, 6.07) is 7.01. The summed E-state index contributed by atoms with van der Waals surface area (Å²) in [7, 11) is 0. The average Bonchev–Trinajstić information content (AvgIpc) is 2.82. The van der Waals surface area contributed by atoms with Crippen molar-refractivity contribution in [2.45, 2.75) is 32.0 Å². The molecule has 0 bridgehead atoms. The fourth-order valence-electron chi connectivity index (χ4n) is 4.39. The lowest BCUT2D eigenvalue weighted by Gasteiger charge is -2.32. The van der Waals surface area contributed by atoms with E-state index in [4.69, 9.17) is 9.47 Å². The molecule has 2 aromatic heterocycles. The highest BCUT2D eigenvalue weighted by molar-refractivity contribution is 5.79. The molecule has 0 unspecified atom stereocenters. The molecule has 1 saturated heterocycles. The largest absolute Gasteiger partial charge is 0.484 e. The van der Waals surface area contributed by atoms with Crippen molar-refractivity contribution in [2.24, 2.45) is 0 Å². The van der Waals surface area contributed by atoms with Gasteiger partial charge in [0.15, 0.2) is 5.75 Å². The number of fused-ring (bicyclic) bond motifs is 2. The van der Waals surface area contributed by atoms with E-state index in [1.165, 1.54) is 22.8 Å². The van der Waals surface area contributed by atoms with Gasteiger partial charge in [0.2, 0.25) is 0 Å². The van der Waals surface area contributed by atoms with E-state index in [-0.39, 0.29) is 16.5 Å². The van der Waals surface area contributed by atoms with Crippen molar-refractivity contribution >= 4 is 10.9 Å². The Labute approximate surface area is 189 Å². The Morgan fingerprint density at radius 1 is 1.03 bits per heavy atom. The van der Waals surface area contributed by atoms with Crippen LogP contribution in [0, 0.1) is 11.6 Å². The predicted molar refractivity (Wildman–Crippen MR) is 117 cm³/mol. The highest BCUT2D eigenvalue weighted by atomic mass is 19.1. The van der Waals surface area contributed by atoms with E-state index in [9.17, 15) is 13.6 Å². The minimum Gasteiger partial charge on any atom is -0.484 e. The van der Waals surface area contributed by atoms with E-state index >= 15 is 0 Å². The first-order valence-electron chi connectivity index (χ1n) is 11.1. The van der Waals surface area contributed by atoms with Crippen LogP contribution >= 0.6 is 0 Å². The zero-order valence-corrected chi connectivity index (χ0v) is 18.1. The lowest BCUT2D eigenvalue weighted by atomic mass is 10.0. The van der Waals surface area contributed by atoms with Crippen LogP contribution in [0.15, 0.2) is 35.1 Å². The normalized spacial score (nSPS) is 16.9. The number of aromatic nitrogens is 3. The second-order valence-corrected chi connectivity index (χ2v) is 8.34. The maximum atomic E-state index is 14.1. The van der Waals surface area contributed by atoms with Crippen molar-refractivity contribution in [3.8, 4) is 11.6 Å². The SMILES string of the molecule is O=c1ccc2c(F)cc(F)cc2n1CCN1CCC(NCc2cc3c(nn2)OCCO3)CC1. The fourth-order valence-corrected chi connectivity index (χ4v) is 4.39. The number of hydrogen-bond donors (Lipinski definition) is 1. The van der Waals surface area contributed by atoms with E-state index in [1.807, 2.05) is 6.07 Å². The molecule has 1 aromatic carbocycles. The van der Waals surface area contributed by atoms with E-state index in [0.29, 0.717) is 50.5 Å². The Kier molecular flexibility index (Phi) is 6.19. The van der Waals surface area contributed by atoms with Crippen molar-refractivity contribution in [3.05, 3.63) is 58.0 Å². The number of nitrogens with one attached hydrogen (secondary N) is 1. The predicted octanol–water partition coefficient (Wildman–Crippen LogP) is 2.10. The second-order valence-electron chi connectivity index (χ2n) is 8.34. The van der Waals surface area contributed by atoms with Crippen molar-refractivity contribution < 1.29 is 18.3 Å². The first-order chi connectivity index (χ1) is 16.1. The molecule has 0 atom stereocenters. The molecule has 8 nitrogen and oxygen atoms in total. The first-order valence-corrected chi connectivity index (χ1v) is 11.1. The van der Waals surface area contributed by atoms with E-state index < -0.39 is 11.6 Å². The van der Waals surface area contributed by atoms with Gasteiger partial charge in [-0.2, -0.15) is 5.10 Å². The number of hydrogen-bond acceptors (Lipinski definition) is 7. The third-order valence-electron chi connectivity index (χ3n) is 6.18. The van der Waals surface area contributed by atoms with Gasteiger partial charge < -0.3 is 24.3 Å². The van der Waals surface area contributed by atoms with E-state index in [1.54, 1.807) is 0 Å². The van der Waals surface area contributed by atoms with Gasteiger partial charge in [0, 0.05) is 49.3 Å². The Balaban J connectivity index is 1.14. The highest BCUT2D eigenvalue weighted by Gasteiger charge is 2.20. The van der Waals surface area contributed by atoms with Gasteiger partial charge in [-0.1, -0.05) is 0 Å². The van der Waals surface area contributed by atoms with Crippen LogP contribution in [0.1, 0.15) is 18.5 Å². The Hall–Kier alpha value is -3.11. The van der Waals surface area contributed by atoms with Crippen LogP contribution in [0.3, 0.4) is 0 Å². The summed E-state index contributed by atoms with van der Waals surface area (Å²) >= 11 is 0. The molecule has 2 aliphatic rings. The Morgan fingerprint density at radius 3 is 2.70 bits per heavy atom. The van der Waals surface area contributed by atoms with Crippen LogP contribution in [0.5, 0.6) is 11.6 Å². The number of ether oxygens (including phenoxy) is 2. The van der Waals surface area contributed by atoms with Crippen molar-refractivity contribution in [3.63, 3.8) is 0 Å². The molecule has 0 amide bonds. The van der Waals surface area contributed by atoms with Crippen LogP contribution in [0.4, 0.5) is 8.78 Å². The first kappa shape index (κ1) is 21.7. The van der Waals surface area contributed by atoms with E-state index in [0.717, 1.165) is 37.7 Å². The molecule has 5 rings (SSSR count). The molecule has 4 heterocycles. The van der Waals surface area contributed by atoms with Gasteiger partial charge in [0.1, 0.15) is 24.8 Å². The van der Waals surface area contributed by atoms with E-state index in [2.05, 4.69) is 20.4 Å². The van der Waals surface area contributed by atoms with Gasteiger partial charge in [0.25, 0.3) is 11.4 Å². The average molecular weight is 457 g/mol. The maximum Gasteiger partial charge on any atom is 0.276 e. The Bertz CT molecular complexity index is 1210. The number of halogens is 2. The van der Waals surface area contributed by atoms with Gasteiger partial charge in [-0.3, -0.25) is 4.79 Å². The quantitative estimate of drug-likeness (QED) is 0.607. The molecule has 1 fully saturated rings. The summed E-state index contributed by atoms with van der Waals surface area (Å²) < 4.78 is 40.2. The summed E-state index contributed by atoms with van der Waals surface area (Å²) in [5, 5.41) is 12.0. The van der Waals surface area contributed by atoms with Crippen LogP contribution < -0.4 is 20.3 Å². The lowest BCUT2D eigenvalue weighted by molar-refractivity contribution is 0.161. The maximum absolute atomic E-state index is 14.1. The Morgan fingerprint density at radius 2 is 1.85 bits per heavy atom. The molecule has 1 N–H and O–H groups in total. The number of rotatable bonds is 6. The van der Waals surface area contributed by atoms with Crippen molar-refractivity contribution in [2.75, 3.05) is 32.8 Å². The van der Waals surface area contributed by atoms with Gasteiger partial charge >= 0.3 is 0 Å². The lowest BCUT2D eigenvalue weighted by Crippen LogP contribution is -2.43. The third-order valence-corrected chi connectivity index (χ3v) is 6.18. The van der Waals surface area contributed by atoms with Crippen LogP contribution in [-0.2, 0) is 13.1 Å². The van der Waals surface area contributed by atoms with Gasteiger partial charge in [-0.25, -0.2) is 8.78 Å². The molecular formula is C23H25F2N5O3. The molecule has 2 aliphatic heterocycles. The fraction of sp³-hybridized carbons (Fsp3) is 0.435. The minimum atomic E-state index is -0.686. The zero-order valence-electron chi connectivity index (χ0n) is 18.1. The minimum absolute atomic E-state index is 0.251. The van der Waals surface area contributed by atoms with Crippen molar-refractivity contribution in [1.82, 2.24) is 25.0 Å². The summed E-state index contributed by atoms with van der Waals surface area (Å²) in [4.78, 5) is 14.6. The molecule has 0 radical (unpaired) electrons. The molecule has 174 valence electrons. The zero-order chi connectivity index (χ0) is 22.8. The molecule has 33 heavy (non-hydrogen) atoms. The number of piperidine rings is 1. The highest BCUT2D eigenvalue weighted by Crippen LogP contribution is 2.26. The molecule has 10 heteroatoms. The third kappa shape index (κ3) is 4.81. The standard InChI is InChI=1S/C23H25F2N5O3/c24-15-11-19(25)18-1-2-22(31)30(20(18)12-15)8-7-29-5-3-16(4-6-29)26-14-17-13-21-23(28-27-17)33-10-9-32-21/h1-2,11-13,16,26H,3-10,14H2. The monoisotopic (exact) mass is 457 g/mol. The molecule has 0 spiro atoms. The summed E-state index contributed by atoms with van der Waals surface area (Å²) in [5.41, 5.74) is 0.832.